The van der Waals surface area contributed by atoms with Gasteiger partial charge in [0.1, 0.15) is 5.65 Å². The van der Waals surface area contributed by atoms with Gasteiger partial charge in [-0.05, 0) is 82.6 Å². The molecule has 0 radical (unpaired) electrons. The number of aromatic nitrogens is 3. The van der Waals surface area contributed by atoms with E-state index < -0.39 is 0 Å². The number of ether oxygens (including phenoxy) is 1. The summed E-state index contributed by atoms with van der Waals surface area (Å²) in [5, 5.41) is 11.8. The molecule has 9 heteroatoms. The average Bonchev–Trinajstić information content (AvgIpc) is 3.59. The van der Waals surface area contributed by atoms with Gasteiger partial charge in [-0.25, -0.2) is 4.98 Å². The Bertz CT molecular complexity index is 1710. The molecule has 0 saturated carbocycles. The minimum absolute atomic E-state index is 0.0256. The fourth-order valence-electron chi connectivity index (χ4n) is 5.86. The summed E-state index contributed by atoms with van der Waals surface area (Å²) in [7, 11) is 0. The molecule has 8 nitrogen and oxygen atoms in total. The van der Waals surface area contributed by atoms with Crippen molar-refractivity contribution in [3.8, 4) is 22.3 Å². The Labute approximate surface area is 249 Å². The molecule has 2 saturated heterocycles. The van der Waals surface area contributed by atoms with Gasteiger partial charge in [-0.3, -0.25) is 9.36 Å². The Morgan fingerprint density at radius 1 is 0.952 bits per heavy atom. The van der Waals surface area contributed by atoms with Gasteiger partial charge in [0.15, 0.2) is 0 Å². The largest absolute Gasteiger partial charge is 0.381 e. The third-order valence-corrected chi connectivity index (χ3v) is 8.95. The minimum Gasteiger partial charge on any atom is -0.381 e. The van der Waals surface area contributed by atoms with Crippen molar-refractivity contribution >= 4 is 39.7 Å². The molecular formula is C33H34N6O2S. The third-order valence-electron chi connectivity index (χ3n) is 8.26. The van der Waals surface area contributed by atoms with Crippen molar-refractivity contribution in [3.63, 3.8) is 0 Å². The quantitative estimate of drug-likeness (QED) is 0.254. The van der Waals surface area contributed by atoms with Crippen LogP contribution in [0.4, 0.5) is 17.3 Å². The highest BCUT2D eigenvalue weighted by molar-refractivity contribution is 7.08. The first kappa shape index (κ1) is 26.8. The normalized spacial score (nSPS) is 16.1. The van der Waals surface area contributed by atoms with Gasteiger partial charge in [-0.15, -0.1) is 0 Å². The summed E-state index contributed by atoms with van der Waals surface area (Å²) >= 11 is 1.68. The zero-order valence-corrected chi connectivity index (χ0v) is 24.3. The van der Waals surface area contributed by atoms with E-state index in [1.807, 2.05) is 29.0 Å². The van der Waals surface area contributed by atoms with E-state index in [0.29, 0.717) is 29.6 Å². The van der Waals surface area contributed by atoms with Crippen molar-refractivity contribution in [2.45, 2.75) is 19.4 Å². The molecule has 2 aromatic carbocycles. The Hall–Kier alpha value is -4.05. The molecule has 214 valence electrons. The van der Waals surface area contributed by atoms with Crippen LogP contribution in [0.2, 0.25) is 0 Å². The molecule has 5 heterocycles. The molecule has 2 aliphatic rings. The van der Waals surface area contributed by atoms with Gasteiger partial charge in [0.2, 0.25) is 5.95 Å². The highest BCUT2D eigenvalue weighted by Crippen LogP contribution is 2.28. The number of hydrogen-bond donors (Lipinski definition) is 2. The predicted molar refractivity (Wildman–Crippen MR) is 171 cm³/mol. The maximum absolute atomic E-state index is 14.1. The third kappa shape index (κ3) is 5.68. The first-order valence-electron chi connectivity index (χ1n) is 14.7. The van der Waals surface area contributed by atoms with Gasteiger partial charge in [-0.1, -0.05) is 24.3 Å². The Morgan fingerprint density at radius 2 is 1.71 bits per heavy atom. The van der Waals surface area contributed by atoms with Gasteiger partial charge in [0.05, 0.1) is 0 Å². The number of nitrogens with one attached hydrogen (secondary N) is 2. The number of nitrogens with zero attached hydrogens (tertiary/aromatic N) is 4. The highest BCUT2D eigenvalue weighted by atomic mass is 32.1. The SMILES string of the molecule is O=c1c(-c2ccc(-c3ccsc3)cc2)cc2cnc(Nc3ccc(N4CCNCC4)cc3)nc2n1CC1CCOCC1. The van der Waals surface area contributed by atoms with E-state index in [1.165, 1.54) is 11.3 Å². The highest BCUT2D eigenvalue weighted by Gasteiger charge is 2.20. The summed E-state index contributed by atoms with van der Waals surface area (Å²) in [5.41, 5.74) is 6.64. The van der Waals surface area contributed by atoms with E-state index in [-0.39, 0.29) is 5.56 Å². The molecule has 0 spiro atoms. The van der Waals surface area contributed by atoms with Gasteiger partial charge < -0.3 is 20.3 Å². The van der Waals surface area contributed by atoms with E-state index in [4.69, 9.17) is 9.72 Å². The van der Waals surface area contributed by atoms with E-state index in [1.54, 1.807) is 11.3 Å². The van der Waals surface area contributed by atoms with Crippen molar-refractivity contribution in [2.24, 2.45) is 5.92 Å². The van der Waals surface area contributed by atoms with Crippen LogP contribution in [0.1, 0.15) is 12.8 Å². The lowest BCUT2D eigenvalue weighted by Gasteiger charge is -2.29. The molecular weight excluding hydrogens is 544 g/mol. The van der Waals surface area contributed by atoms with Crippen LogP contribution in [0, 0.1) is 5.92 Å². The molecule has 5 aromatic rings. The lowest BCUT2D eigenvalue weighted by Crippen LogP contribution is -2.43. The Morgan fingerprint density at radius 3 is 2.45 bits per heavy atom. The van der Waals surface area contributed by atoms with Gasteiger partial charge in [-0.2, -0.15) is 16.3 Å². The van der Waals surface area contributed by atoms with Crippen molar-refractivity contribution in [3.05, 3.63) is 88.0 Å². The van der Waals surface area contributed by atoms with Gasteiger partial charge >= 0.3 is 0 Å². The molecule has 0 amide bonds. The number of anilines is 3. The summed E-state index contributed by atoms with van der Waals surface area (Å²) in [5.74, 6) is 0.838. The second-order valence-corrected chi connectivity index (χ2v) is 11.8. The minimum atomic E-state index is -0.0256. The van der Waals surface area contributed by atoms with Crippen LogP contribution in [0.5, 0.6) is 0 Å². The molecule has 0 unspecified atom stereocenters. The molecule has 2 N–H and O–H groups in total. The monoisotopic (exact) mass is 578 g/mol. The second kappa shape index (κ2) is 12.1. The van der Waals surface area contributed by atoms with Crippen LogP contribution in [0.15, 0.2) is 82.4 Å². The van der Waals surface area contributed by atoms with Crippen LogP contribution in [0.3, 0.4) is 0 Å². The van der Waals surface area contributed by atoms with E-state index in [2.05, 4.69) is 73.7 Å². The van der Waals surface area contributed by atoms with Crippen molar-refractivity contribution in [1.29, 1.82) is 0 Å². The van der Waals surface area contributed by atoms with E-state index in [9.17, 15) is 4.79 Å². The van der Waals surface area contributed by atoms with Crippen LogP contribution in [-0.2, 0) is 11.3 Å². The first-order valence-corrected chi connectivity index (χ1v) is 15.6. The zero-order chi connectivity index (χ0) is 28.3. The molecule has 2 fully saturated rings. The fourth-order valence-corrected chi connectivity index (χ4v) is 6.53. The maximum atomic E-state index is 14.1. The number of rotatable bonds is 7. The Kier molecular flexibility index (Phi) is 7.70. The smallest absolute Gasteiger partial charge is 0.260 e. The summed E-state index contributed by atoms with van der Waals surface area (Å²) in [6.45, 7) is 6.08. The Balaban J connectivity index is 1.22. The summed E-state index contributed by atoms with van der Waals surface area (Å²) < 4.78 is 7.45. The molecule has 42 heavy (non-hydrogen) atoms. The van der Waals surface area contributed by atoms with Crippen LogP contribution in [0.25, 0.3) is 33.3 Å². The predicted octanol–water partition coefficient (Wildman–Crippen LogP) is 5.77. The van der Waals surface area contributed by atoms with Crippen LogP contribution < -0.4 is 21.1 Å². The maximum Gasteiger partial charge on any atom is 0.260 e. The molecule has 0 aliphatic carbocycles. The average molecular weight is 579 g/mol. The van der Waals surface area contributed by atoms with Crippen LogP contribution >= 0.6 is 11.3 Å². The fraction of sp³-hybridized carbons (Fsp3) is 0.303. The van der Waals surface area contributed by atoms with Crippen molar-refractivity contribution < 1.29 is 4.74 Å². The van der Waals surface area contributed by atoms with Crippen molar-refractivity contribution in [1.82, 2.24) is 19.9 Å². The van der Waals surface area contributed by atoms with Gasteiger partial charge in [0, 0.05) is 74.5 Å². The summed E-state index contributed by atoms with van der Waals surface area (Å²) in [6, 6.07) is 20.7. The van der Waals surface area contributed by atoms with E-state index in [0.717, 1.165) is 74.4 Å². The number of piperazine rings is 1. The molecule has 0 atom stereocenters. The molecule has 0 bridgehead atoms. The first-order chi connectivity index (χ1) is 20.7. The van der Waals surface area contributed by atoms with Crippen molar-refractivity contribution in [2.75, 3.05) is 49.6 Å². The number of thiophene rings is 1. The topological polar surface area (TPSA) is 84.3 Å². The lowest BCUT2D eigenvalue weighted by atomic mass is 9.99. The molecule has 2 aliphatic heterocycles. The lowest BCUT2D eigenvalue weighted by molar-refractivity contribution is 0.0613. The number of fused-ring (bicyclic) bond motifs is 1. The molecule has 3 aromatic heterocycles. The molecule has 7 rings (SSSR count). The van der Waals surface area contributed by atoms with Gasteiger partial charge in [0.25, 0.3) is 5.56 Å². The second-order valence-electron chi connectivity index (χ2n) is 11.0. The number of pyridine rings is 1. The summed E-state index contributed by atoms with van der Waals surface area (Å²) in [4.78, 5) is 26.0. The zero-order valence-electron chi connectivity index (χ0n) is 23.5. The standard InChI is InChI=1S/C33H34N6O2S/c40-32-30(25-3-1-24(2-4-25)26-11-18-42-22-26)19-27-20-35-33(37-31(27)39(32)21-23-9-16-41-17-10-23)36-28-5-7-29(8-6-28)38-14-12-34-13-15-38/h1-8,11,18-20,22-23,34H,9-10,12-17,21H2,(H,35,36,37). The number of hydrogen-bond acceptors (Lipinski definition) is 8. The van der Waals surface area contributed by atoms with E-state index >= 15 is 0 Å². The van der Waals surface area contributed by atoms with Crippen LogP contribution in [-0.4, -0.2) is 53.9 Å². The number of benzene rings is 2. The summed E-state index contributed by atoms with van der Waals surface area (Å²) in [6.07, 6.45) is 3.69.